The number of nitrogens with zero attached hydrogens (tertiary/aromatic N) is 4. The van der Waals surface area contributed by atoms with Crippen LogP contribution in [0.4, 0.5) is 22.7 Å². The summed E-state index contributed by atoms with van der Waals surface area (Å²) in [6, 6.07) is 11.4. The van der Waals surface area contributed by atoms with Crippen LogP contribution >= 0.6 is 15.9 Å². The smallest absolute Gasteiger partial charge is 0.221 e. The standard InChI is InChI=1S/C20H22BrN5O/c1-5-26(6-2)17-7-8-18(19(11-17)23-14(4)27)24-25-20-13(3)9-16(21)10-15(20)12-22/h7-11H,5-6H2,1-4H3,(H,23,27). The predicted octanol–water partition coefficient (Wildman–Crippen LogP) is 5.85. The van der Waals surface area contributed by atoms with Crippen LogP contribution in [0.15, 0.2) is 45.0 Å². The third-order valence-corrected chi connectivity index (χ3v) is 4.52. The second-order valence-corrected chi connectivity index (χ2v) is 6.90. The molecule has 2 aromatic rings. The van der Waals surface area contributed by atoms with E-state index >= 15 is 0 Å². The Labute approximate surface area is 168 Å². The van der Waals surface area contributed by atoms with Gasteiger partial charge in [0, 0.05) is 30.2 Å². The summed E-state index contributed by atoms with van der Waals surface area (Å²) in [5.41, 5.74) is 3.91. The van der Waals surface area contributed by atoms with Gasteiger partial charge in [0.15, 0.2) is 0 Å². The first-order valence-electron chi connectivity index (χ1n) is 8.68. The van der Waals surface area contributed by atoms with Gasteiger partial charge in [0.1, 0.15) is 17.4 Å². The van der Waals surface area contributed by atoms with Gasteiger partial charge in [-0.2, -0.15) is 5.26 Å². The molecule has 0 spiro atoms. The summed E-state index contributed by atoms with van der Waals surface area (Å²) < 4.78 is 0.818. The van der Waals surface area contributed by atoms with E-state index in [1.165, 1.54) is 6.92 Å². The summed E-state index contributed by atoms with van der Waals surface area (Å²) in [5.74, 6) is -0.180. The molecule has 0 aromatic heterocycles. The fraction of sp³-hybridized carbons (Fsp3) is 0.300. The highest BCUT2D eigenvalue weighted by molar-refractivity contribution is 9.10. The topological polar surface area (TPSA) is 80.8 Å². The Kier molecular flexibility index (Phi) is 7.08. The van der Waals surface area contributed by atoms with Crippen LogP contribution in [0.1, 0.15) is 31.9 Å². The highest BCUT2D eigenvalue weighted by Gasteiger charge is 2.11. The molecule has 0 aliphatic heterocycles. The van der Waals surface area contributed by atoms with Crippen LogP contribution in [-0.4, -0.2) is 19.0 Å². The lowest BCUT2D eigenvalue weighted by atomic mass is 10.1. The van der Waals surface area contributed by atoms with Crippen LogP contribution in [0.2, 0.25) is 0 Å². The normalized spacial score (nSPS) is 10.7. The Morgan fingerprint density at radius 3 is 2.52 bits per heavy atom. The number of nitrogens with one attached hydrogen (secondary N) is 1. The van der Waals surface area contributed by atoms with Crippen molar-refractivity contribution in [2.24, 2.45) is 10.2 Å². The van der Waals surface area contributed by atoms with Crippen molar-refractivity contribution in [2.75, 3.05) is 23.3 Å². The third-order valence-electron chi connectivity index (χ3n) is 4.06. The number of amides is 1. The Morgan fingerprint density at radius 1 is 1.22 bits per heavy atom. The van der Waals surface area contributed by atoms with E-state index in [9.17, 15) is 10.1 Å². The zero-order valence-electron chi connectivity index (χ0n) is 15.9. The second-order valence-electron chi connectivity index (χ2n) is 5.99. The van der Waals surface area contributed by atoms with Crippen molar-refractivity contribution in [3.8, 4) is 6.07 Å². The van der Waals surface area contributed by atoms with Crippen LogP contribution in [0.5, 0.6) is 0 Å². The molecule has 6 nitrogen and oxygen atoms in total. The highest BCUT2D eigenvalue weighted by Crippen LogP contribution is 2.34. The predicted molar refractivity (Wildman–Crippen MR) is 112 cm³/mol. The quantitative estimate of drug-likeness (QED) is 0.586. The van der Waals surface area contributed by atoms with Gasteiger partial charge in [0.2, 0.25) is 5.91 Å². The van der Waals surface area contributed by atoms with Gasteiger partial charge in [-0.05, 0) is 56.7 Å². The molecule has 0 atom stereocenters. The van der Waals surface area contributed by atoms with Gasteiger partial charge in [-0.3, -0.25) is 4.79 Å². The summed E-state index contributed by atoms with van der Waals surface area (Å²) in [5, 5.41) is 20.8. The number of rotatable bonds is 6. The molecular formula is C20H22BrN5O. The number of hydrogen-bond donors (Lipinski definition) is 1. The first kappa shape index (κ1) is 20.6. The van der Waals surface area contributed by atoms with Crippen molar-refractivity contribution < 1.29 is 4.79 Å². The minimum atomic E-state index is -0.180. The molecule has 0 aliphatic rings. The zero-order chi connectivity index (χ0) is 20.0. The number of carbonyl (C=O) groups excluding carboxylic acids is 1. The molecule has 140 valence electrons. The Bertz CT molecular complexity index is 913. The minimum absolute atomic E-state index is 0.180. The van der Waals surface area contributed by atoms with E-state index in [0.29, 0.717) is 22.6 Å². The fourth-order valence-electron chi connectivity index (χ4n) is 2.74. The van der Waals surface area contributed by atoms with Crippen LogP contribution < -0.4 is 10.2 Å². The van der Waals surface area contributed by atoms with E-state index in [1.807, 2.05) is 31.2 Å². The first-order valence-corrected chi connectivity index (χ1v) is 9.47. The Hall–Kier alpha value is -2.72. The number of benzene rings is 2. The maximum atomic E-state index is 11.6. The average Bonchev–Trinajstić information content (AvgIpc) is 2.62. The van der Waals surface area contributed by atoms with E-state index in [0.717, 1.165) is 28.8 Å². The summed E-state index contributed by atoms with van der Waals surface area (Å²) in [6.45, 7) is 9.21. The van der Waals surface area contributed by atoms with Crippen LogP contribution in [0.3, 0.4) is 0 Å². The highest BCUT2D eigenvalue weighted by atomic mass is 79.9. The van der Waals surface area contributed by atoms with Gasteiger partial charge in [-0.15, -0.1) is 10.2 Å². The molecule has 0 saturated heterocycles. The number of hydrogen-bond acceptors (Lipinski definition) is 5. The van der Waals surface area contributed by atoms with Gasteiger partial charge in [-0.25, -0.2) is 0 Å². The summed E-state index contributed by atoms with van der Waals surface area (Å²) in [6.07, 6.45) is 0. The van der Waals surface area contributed by atoms with Crippen molar-refractivity contribution >= 4 is 44.6 Å². The molecule has 1 N–H and O–H groups in total. The molecule has 0 heterocycles. The van der Waals surface area contributed by atoms with Crippen molar-refractivity contribution in [3.63, 3.8) is 0 Å². The summed E-state index contributed by atoms with van der Waals surface area (Å²) in [7, 11) is 0. The average molecular weight is 428 g/mol. The first-order chi connectivity index (χ1) is 12.9. The van der Waals surface area contributed by atoms with E-state index in [1.54, 1.807) is 6.07 Å². The van der Waals surface area contributed by atoms with Gasteiger partial charge in [-0.1, -0.05) is 15.9 Å². The molecule has 1 amide bonds. The number of nitriles is 1. The SMILES string of the molecule is CCN(CC)c1ccc(N=Nc2c(C)cc(Br)cc2C#N)c(NC(C)=O)c1. The van der Waals surface area contributed by atoms with E-state index in [2.05, 4.69) is 56.3 Å². The molecule has 0 aliphatic carbocycles. The molecule has 0 fully saturated rings. The molecule has 2 rings (SSSR count). The monoisotopic (exact) mass is 427 g/mol. The van der Waals surface area contributed by atoms with Gasteiger partial charge in [0.05, 0.1) is 11.3 Å². The maximum Gasteiger partial charge on any atom is 0.221 e. The summed E-state index contributed by atoms with van der Waals surface area (Å²) in [4.78, 5) is 13.8. The second kappa shape index (κ2) is 9.28. The molecular weight excluding hydrogens is 406 g/mol. The Balaban J connectivity index is 2.48. The largest absolute Gasteiger partial charge is 0.372 e. The van der Waals surface area contributed by atoms with Crippen molar-refractivity contribution in [1.82, 2.24) is 0 Å². The van der Waals surface area contributed by atoms with Crippen LogP contribution in [-0.2, 0) is 4.79 Å². The van der Waals surface area contributed by atoms with Gasteiger partial charge >= 0.3 is 0 Å². The lowest BCUT2D eigenvalue weighted by Crippen LogP contribution is -2.21. The number of aryl methyl sites for hydroxylation is 1. The van der Waals surface area contributed by atoms with Crippen molar-refractivity contribution in [3.05, 3.63) is 45.9 Å². The molecule has 0 radical (unpaired) electrons. The minimum Gasteiger partial charge on any atom is -0.372 e. The van der Waals surface area contributed by atoms with Crippen LogP contribution in [0, 0.1) is 18.3 Å². The number of anilines is 2. The molecule has 27 heavy (non-hydrogen) atoms. The van der Waals surface area contributed by atoms with Gasteiger partial charge in [0.25, 0.3) is 0 Å². The fourth-order valence-corrected chi connectivity index (χ4v) is 3.32. The molecule has 7 heteroatoms. The third kappa shape index (κ3) is 5.14. The zero-order valence-corrected chi connectivity index (χ0v) is 17.5. The summed E-state index contributed by atoms with van der Waals surface area (Å²) >= 11 is 3.38. The lowest BCUT2D eigenvalue weighted by molar-refractivity contribution is -0.114. The lowest BCUT2D eigenvalue weighted by Gasteiger charge is -2.22. The molecule has 0 saturated carbocycles. The molecule has 0 unspecified atom stereocenters. The number of azo groups is 1. The Morgan fingerprint density at radius 2 is 1.93 bits per heavy atom. The van der Waals surface area contributed by atoms with Gasteiger partial charge < -0.3 is 10.2 Å². The molecule has 0 bridgehead atoms. The van der Waals surface area contributed by atoms with Crippen molar-refractivity contribution in [2.45, 2.75) is 27.7 Å². The maximum absolute atomic E-state index is 11.6. The van der Waals surface area contributed by atoms with Crippen LogP contribution in [0.25, 0.3) is 0 Å². The molecule has 2 aromatic carbocycles. The van der Waals surface area contributed by atoms with E-state index in [4.69, 9.17) is 0 Å². The number of halogens is 1. The van der Waals surface area contributed by atoms with Crippen molar-refractivity contribution in [1.29, 1.82) is 5.26 Å². The van der Waals surface area contributed by atoms with E-state index < -0.39 is 0 Å². The van der Waals surface area contributed by atoms with E-state index in [-0.39, 0.29) is 5.91 Å². The number of carbonyl (C=O) groups is 1.